The van der Waals surface area contributed by atoms with Crippen LogP contribution in [0.4, 0.5) is 0 Å². The fourth-order valence-electron chi connectivity index (χ4n) is 1.61. The van der Waals surface area contributed by atoms with E-state index in [1.807, 2.05) is 29.7 Å². The van der Waals surface area contributed by atoms with Gasteiger partial charge in [-0.05, 0) is 30.2 Å². The molecule has 2 aromatic heterocycles. The van der Waals surface area contributed by atoms with E-state index in [1.165, 1.54) is 0 Å². The van der Waals surface area contributed by atoms with Crippen molar-refractivity contribution in [3.63, 3.8) is 0 Å². The third-order valence-corrected chi connectivity index (χ3v) is 2.29. The molecule has 0 bridgehead atoms. The third-order valence-electron chi connectivity index (χ3n) is 2.29. The normalized spacial score (nSPS) is 11.1. The van der Waals surface area contributed by atoms with E-state index >= 15 is 0 Å². The second-order valence-corrected chi connectivity index (χ2v) is 3.51. The Labute approximate surface area is 93.2 Å². The second-order valence-electron chi connectivity index (χ2n) is 3.51. The number of ether oxygens (including phenoxy) is 1. The minimum atomic E-state index is 0.441. The van der Waals surface area contributed by atoms with Gasteiger partial charge in [-0.2, -0.15) is 0 Å². The lowest BCUT2D eigenvalue weighted by Crippen LogP contribution is -1.88. The molecule has 0 aliphatic carbocycles. The number of carbonyl (C=O) groups excluding carboxylic acids is 1. The molecule has 0 saturated carbocycles. The van der Waals surface area contributed by atoms with Crippen LogP contribution in [-0.2, 0) is 4.74 Å². The van der Waals surface area contributed by atoms with Gasteiger partial charge in [-0.15, -0.1) is 0 Å². The third kappa shape index (κ3) is 1.82. The van der Waals surface area contributed by atoms with Crippen LogP contribution in [0.25, 0.3) is 11.7 Å². The largest absolute Gasteiger partial charge is 0.504 e. The van der Waals surface area contributed by atoms with Crippen LogP contribution < -0.4 is 0 Å². The van der Waals surface area contributed by atoms with E-state index in [0.29, 0.717) is 5.69 Å². The smallest absolute Gasteiger partial charge is 0.170 e. The van der Waals surface area contributed by atoms with Gasteiger partial charge in [0.15, 0.2) is 6.29 Å². The Bertz CT molecular complexity index is 555. The average Bonchev–Trinajstić information content (AvgIpc) is 2.70. The monoisotopic (exact) mass is 216 g/mol. The minimum Gasteiger partial charge on any atom is -0.504 e. The summed E-state index contributed by atoms with van der Waals surface area (Å²) in [5.74, 6) is 0. The molecule has 0 aliphatic rings. The zero-order valence-corrected chi connectivity index (χ0v) is 9.18. The van der Waals surface area contributed by atoms with Gasteiger partial charge in [0.1, 0.15) is 11.3 Å². The van der Waals surface area contributed by atoms with Gasteiger partial charge >= 0.3 is 0 Å². The Kier molecular flexibility index (Phi) is 2.72. The van der Waals surface area contributed by atoms with Gasteiger partial charge in [-0.25, -0.2) is 4.98 Å². The summed E-state index contributed by atoms with van der Waals surface area (Å²) >= 11 is 0. The van der Waals surface area contributed by atoms with Crippen molar-refractivity contribution in [3.05, 3.63) is 41.5 Å². The number of hydrogen-bond acceptors (Lipinski definition) is 3. The Balaban J connectivity index is 2.57. The van der Waals surface area contributed by atoms with Crippen LogP contribution in [0.1, 0.15) is 21.6 Å². The van der Waals surface area contributed by atoms with Crippen LogP contribution in [0.2, 0.25) is 0 Å². The molecule has 0 unspecified atom stereocenters. The van der Waals surface area contributed by atoms with Gasteiger partial charge in [-0.3, -0.25) is 4.79 Å². The van der Waals surface area contributed by atoms with E-state index in [0.717, 1.165) is 23.1 Å². The number of pyridine rings is 1. The molecule has 82 valence electrons. The number of carbonyl (C=O) groups is 1. The van der Waals surface area contributed by atoms with E-state index in [-0.39, 0.29) is 0 Å². The number of rotatable bonds is 3. The van der Waals surface area contributed by atoms with Crippen LogP contribution in [0.5, 0.6) is 0 Å². The van der Waals surface area contributed by atoms with Crippen LogP contribution in [0.15, 0.2) is 24.7 Å². The summed E-state index contributed by atoms with van der Waals surface area (Å²) in [4.78, 5) is 14.8. The van der Waals surface area contributed by atoms with Crippen molar-refractivity contribution in [1.82, 2.24) is 9.38 Å². The molecule has 2 aromatic rings. The first kappa shape index (κ1) is 10.4. The topological polar surface area (TPSA) is 43.6 Å². The number of aromatic nitrogens is 2. The lowest BCUT2D eigenvalue weighted by atomic mass is 10.2. The first-order valence-corrected chi connectivity index (χ1v) is 4.88. The Morgan fingerprint density at radius 3 is 2.94 bits per heavy atom. The Hall–Kier alpha value is -2.10. The second kappa shape index (κ2) is 4.18. The van der Waals surface area contributed by atoms with E-state index in [4.69, 9.17) is 4.74 Å². The summed E-state index contributed by atoms with van der Waals surface area (Å²) in [5, 5.41) is 0. The first-order chi connectivity index (χ1) is 7.74. The van der Waals surface area contributed by atoms with Crippen molar-refractivity contribution >= 4 is 18.0 Å². The molecular weight excluding hydrogens is 204 g/mol. The quantitative estimate of drug-likeness (QED) is 0.582. The first-order valence-electron chi connectivity index (χ1n) is 4.88. The number of methoxy groups -OCH3 is 1. The number of hydrogen-bond donors (Lipinski definition) is 0. The van der Waals surface area contributed by atoms with Gasteiger partial charge in [0.25, 0.3) is 0 Å². The van der Waals surface area contributed by atoms with E-state index in [2.05, 4.69) is 4.98 Å². The fraction of sp³-hybridized carbons (Fsp3) is 0.167. The van der Waals surface area contributed by atoms with Crippen molar-refractivity contribution in [1.29, 1.82) is 0 Å². The van der Waals surface area contributed by atoms with Crippen molar-refractivity contribution in [2.24, 2.45) is 0 Å². The predicted octanol–water partition coefficient (Wildman–Crippen LogP) is 2.07. The molecule has 0 aromatic carbocycles. The average molecular weight is 216 g/mol. The summed E-state index contributed by atoms with van der Waals surface area (Å²) in [7, 11) is 1.60. The zero-order valence-electron chi connectivity index (χ0n) is 9.18. The summed E-state index contributed by atoms with van der Waals surface area (Å²) in [6.07, 6.45) is 7.82. The zero-order chi connectivity index (χ0) is 11.5. The molecule has 4 nitrogen and oxygen atoms in total. The number of aryl methyl sites for hydroxylation is 1. The number of fused-ring (bicyclic) bond motifs is 1. The number of imidazole rings is 1. The van der Waals surface area contributed by atoms with E-state index < -0.39 is 0 Å². The molecule has 0 fully saturated rings. The molecule has 0 radical (unpaired) electrons. The standard InChI is InChI=1S/C12H12N2O2/c1-9-5-10(3-4-16-2)6-14-7-11(8-15)13-12(9)14/h3-8H,1-2H3/b4-3+. The molecular formula is C12H12N2O2. The molecule has 0 saturated heterocycles. The molecule has 0 amide bonds. The Morgan fingerprint density at radius 1 is 1.44 bits per heavy atom. The lowest BCUT2D eigenvalue weighted by Gasteiger charge is -2.00. The van der Waals surface area contributed by atoms with Crippen molar-refractivity contribution in [2.75, 3.05) is 7.11 Å². The van der Waals surface area contributed by atoms with Gasteiger partial charge in [-0.1, -0.05) is 0 Å². The number of nitrogens with zero attached hydrogens (tertiary/aromatic N) is 2. The van der Waals surface area contributed by atoms with E-state index in [9.17, 15) is 4.79 Å². The maximum atomic E-state index is 10.6. The van der Waals surface area contributed by atoms with Crippen molar-refractivity contribution in [2.45, 2.75) is 6.92 Å². The summed E-state index contributed by atoms with van der Waals surface area (Å²) in [6, 6.07) is 1.99. The molecule has 0 aliphatic heterocycles. The molecule has 4 heteroatoms. The van der Waals surface area contributed by atoms with Crippen LogP contribution in [0.3, 0.4) is 0 Å². The van der Waals surface area contributed by atoms with Gasteiger partial charge in [0, 0.05) is 12.4 Å². The predicted molar refractivity (Wildman–Crippen MR) is 61.4 cm³/mol. The summed E-state index contributed by atoms with van der Waals surface area (Å²) in [5.41, 5.74) is 3.26. The molecule has 0 N–H and O–H groups in total. The highest BCUT2D eigenvalue weighted by Gasteiger charge is 2.04. The van der Waals surface area contributed by atoms with Gasteiger partial charge in [0.05, 0.1) is 13.4 Å². The molecule has 0 atom stereocenters. The Morgan fingerprint density at radius 2 is 2.25 bits per heavy atom. The van der Waals surface area contributed by atoms with Gasteiger partial charge in [0.2, 0.25) is 0 Å². The number of aldehydes is 1. The maximum absolute atomic E-state index is 10.6. The lowest BCUT2D eigenvalue weighted by molar-refractivity contribution is 0.111. The summed E-state index contributed by atoms with van der Waals surface area (Å²) in [6.45, 7) is 1.96. The van der Waals surface area contributed by atoms with Crippen LogP contribution in [-0.4, -0.2) is 22.8 Å². The van der Waals surface area contributed by atoms with Gasteiger partial charge < -0.3 is 9.14 Å². The SMILES string of the molecule is CO/C=C/c1cc(C)c2nc(C=O)cn2c1. The summed E-state index contributed by atoms with van der Waals surface area (Å²) < 4.78 is 6.70. The highest BCUT2D eigenvalue weighted by molar-refractivity contribution is 5.74. The van der Waals surface area contributed by atoms with Crippen LogP contribution >= 0.6 is 0 Å². The van der Waals surface area contributed by atoms with Crippen molar-refractivity contribution in [3.8, 4) is 0 Å². The minimum absolute atomic E-state index is 0.441. The van der Waals surface area contributed by atoms with Crippen molar-refractivity contribution < 1.29 is 9.53 Å². The highest BCUT2D eigenvalue weighted by Crippen LogP contribution is 2.13. The fourth-order valence-corrected chi connectivity index (χ4v) is 1.61. The van der Waals surface area contributed by atoms with Crippen LogP contribution in [0, 0.1) is 6.92 Å². The molecule has 2 heterocycles. The maximum Gasteiger partial charge on any atom is 0.170 e. The highest BCUT2D eigenvalue weighted by atomic mass is 16.5. The van der Waals surface area contributed by atoms with E-state index in [1.54, 1.807) is 19.6 Å². The molecule has 0 spiro atoms. The molecule has 2 rings (SSSR count). The molecule has 16 heavy (non-hydrogen) atoms.